The van der Waals surface area contributed by atoms with Crippen LogP contribution in [0.1, 0.15) is 52.3 Å². The van der Waals surface area contributed by atoms with Gasteiger partial charge in [-0.05, 0) is 38.5 Å². The topological polar surface area (TPSA) is 76.2 Å². The van der Waals surface area contributed by atoms with Crippen LogP contribution in [0.2, 0.25) is 0 Å². The first-order chi connectivity index (χ1) is 11.6. The van der Waals surface area contributed by atoms with Gasteiger partial charge in [0.2, 0.25) is 0 Å². The second-order valence-corrected chi connectivity index (χ2v) is 6.75. The Kier molecular flexibility index (Phi) is 7.34. The van der Waals surface area contributed by atoms with E-state index in [-0.39, 0.29) is 5.69 Å². The molecule has 0 saturated carbocycles. The molecule has 1 aromatic heterocycles. The highest BCUT2D eigenvalue weighted by Crippen LogP contribution is 2.09. The number of nitrogens with zero attached hydrogens (tertiary/aromatic N) is 4. The molecule has 0 fully saturated rings. The van der Waals surface area contributed by atoms with E-state index in [1.54, 1.807) is 4.68 Å². The third-order valence-electron chi connectivity index (χ3n) is 4.19. The Hall–Kier alpha value is -1.79. The van der Waals surface area contributed by atoms with Crippen molar-refractivity contribution in [1.29, 1.82) is 0 Å². The van der Waals surface area contributed by atoms with Crippen LogP contribution in [-0.2, 0) is 19.5 Å². The molecule has 24 heavy (non-hydrogen) atoms. The van der Waals surface area contributed by atoms with Gasteiger partial charge in [0.25, 0.3) is 0 Å². The molecule has 2 rings (SSSR count). The van der Waals surface area contributed by atoms with Gasteiger partial charge in [0.1, 0.15) is 5.82 Å². The fourth-order valence-corrected chi connectivity index (χ4v) is 2.83. The molecule has 7 nitrogen and oxygen atoms in total. The molecular formula is C17H32N6O. The molecule has 0 aliphatic carbocycles. The number of hydrogen-bond acceptors (Lipinski definition) is 3. The number of fused-ring (bicyclic) bond motifs is 1. The van der Waals surface area contributed by atoms with E-state index in [9.17, 15) is 4.79 Å². The summed E-state index contributed by atoms with van der Waals surface area (Å²) in [5, 5.41) is 11.1. The van der Waals surface area contributed by atoms with Crippen molar-refractivity contribution >= 4 is 5.96 Å². The molecule has 1 aliphatic rings. The van der Waals surface area contributed by atoms with Gasteiger partial charge in [-0.25, -0.2) is 9.48 Å². The van der Waals surface area contributed by atoms with E-state index in [0.717, 1.165) is 63.5 Å². The third-order valence-corrected chi connectivity index (χ3v) is 4.19. The van der Waals surface area contributed by atoms with Crippen molar-refractivity contribution in [2.45, 2.75) is 66.0 Å². The van der Waals surface area contributed by atoms with Gasteiger partial charge in [-0.2, -0.15) is 5.10 Å². The first-order valence-corrected chi connectivity index (χ1v) is 9.30. The van der Waals surface area contributed by atoms with Crippen molar-refractivity contribution in [2.75, 3.05) is 19.6 Å². The van der Waals surface area contributed by atoms with Gasteiger partial charge in [-0.1, -0.05) is 13.8 Å². The highest BCUT2D eigenvalue weighted by Gasteiger charge is 2.15. The lowest BCUT2D eigenvalue weighted by atomic mass is 10.1. The molecule has 0 bridgehead atoms. The number of nitrogens with one attached hydrogen (secondary N) is 2. The summed E-state index contributed by atoms with van der Waals surface area (Å²) in [5.74, 6) is 2.48. The quantitative estimate of drug-likeness (QED) is 0.427. The lowest BCUT2D eigenvalue weighted by Gasteiger charge is -2.12. The molecule has 0 spiro atoms. The van der Waals surface area contributed by atoms with Crippen LogP contribution in [0, 0.1) is 5.92 Å². The third kappa shape index (κ3) is 5.39. The SMILES string of the molecule is CCNC(=NCCCn1nc2n(c1=O)CCCC2)NCCC(C)C. The number of aryl methyl sites for hydroxylation is 2. The molecule has 0 radical (unpaired) electrons. The van der Waals surface area contributed by atoms with Crippen LogP contribution >= 0.6 is 0 Å². The lowest BCUT2D eigenvalue weighted by Crippen LogP contribution is -2.38. The van der Waals surface area contributed by atoms with Crippen molar-refractivity contribution in [1.82, 2.24) is 25.0 Å². The van der Waals surface area contributed by atoms with Crippen LogP contribution in [-0.4, -0.2) is 39.9 Å². The van der Waals surface area contributed by atoms with Gasteiger partial charge in [-0.3, -0.25) is 9.56 Å². The van der Waals surface area contributed by atoms with Crippen molar-refractivity contribution in [3.05, 3.63) is 16.3 Å². The van der Waals surface area contributed by atoms with E-state index in [2.05, 4.69) is 41.5 Å². The molecule has 0 amide bonds. The van der Waals surface area contributed by atoms with Crippen LogP contribution in [0.5, 0.6) is 0 Å². The highest BCUT2D eigenvalue weighted by atomic mass is 16.2. The molecule has 0 atom stereocenters. The minimum atomic E-state index is 0.0376. The van der Waals surface area contributed by atoms with Crippen molar-refractivity contribution < 1.29 is 0 Å². The Labute approximate surface area is 144 Å². The number of aliphatic imine (C=N–C) groups is 1. The minimum absolute atomic E-state index is 0.0376. The maximum atomic E-state index is 12.3. The fourth-order valence-electron chi connectivity index (χ4n) is 2.83. The first kappa shape index (κ1) is 18.5. The van der Waals surface area contributed by atoms with Crippen LogP contribution in [0.4, 0.5) is 0 Å². The Morgan fingerprint density at radius 3 is 2.88 bits per heavy atom. The van der Waals surface area contributed by atoms with Crippen molar-refractivity contribution in [2.24, 2.45) is 10.9 Å². The van der Waals surface area contributed by atoms with Gasteiger partial charge >= 0.3 is 5.69 Å². The second kappa shape index (κ2) is 9.49. The molecule has 2 N–H and O–H groups in total. The average Bonchev–Trinajstić information content (AvgIpc) is 2.88. The van der Waals surface area contributed by atoms with Crippen LogP contribution in [0.25, 0.3) is 0 Å². The van der Waals surface area contributed by atoms with Crippen LogP contribution in [0.3, 0.4) is 0 Å². The molecule has 2 heterocycles. The molecule has 136 valence electrons. The van der Waals surface area contributed by atoms with E-state index in [1.165, 1.54) is 0 Å². The van der Waals surface area contributed by atoms with Crippen molar-refractivity contribution in [3.63, 3.8) is 0 Å². The Morgan fingerprint density at radius 1 is 1.33 bits per heavy atom. The maximum Gasteiger partial charge on any atom is 0.345 e. The number of guanidine groups is 1. The number of rotatable bonds is 8. The predicted molar refractivity (Wildman–Crippen MR) is 97.5 cm³/mol. The Bertz CT molecular complexity index is 586. The number of hydrogen-bond donors (Lipinski definition) is 2. The van der Waals surface area contributed by atoms with E-state index < -0.39 is 0 Å². The van der Waals surface area contributed by atoms with E-state index in [1.807, 2.05) is 4.57 Å². The largest absolute Gasteiger partial charge is 0.357 e. The van der Waals surface area contributed by atoms with Gasteiger partial charge in [0.15, 0.2) is 5.96 Å². The molecule has 7 heteroatoms. The molecule has 1 aromatic rings. The minimum Gasteiger partial charge on any atom is -0.357 e. The van der Waals surface area contributed by atoms with Gasteiger partial charge in [-0.15, -0.1) is 0 Å². The van der Waals surface area contributed by atoms with E-state index in [4.69, 9.17) is 0 Å². The molecule has 1 aliphatic heterocycles. The Morgan fingerprint density at radius 2 is 2.17 bits per heavy atom. The normalized spacial score (nSPS) is 14.8. The average molecular weight is 336 g/mol. The summed E-state index contributed by atoms with van der Waals surface area (Å²) in [6.45, 7) is 10.4. The van der Waals surface area contributed by atoms with Gasteiger partial charge in [0, 0.05) is 39.1 Å². The summed E-state index contributed by atoms with van der Waals surface area (Å²) in [4.78, 5) is 16.8. The highest BCUT2D eigenvalue weighted by molar-refractivity contribution is 5.79. The zero-order valence-corrected chi connectivity index (χ0v) is 15.3. The summed E-state index contributed by atoms with van der Waals surface area (Å²) in [5.41, 5.74) is 0.0376. The molecule has 0 saturated heterocycles. The van der Waals surface area contributed by atoms with Gasteiger partial charge in [0.05, 0.1) is 0 Å². The maximum absolute atomic E-state index is 12.3. The van der Waals surface area contributed by atoms with Gasteiger partial charge < -0.3 is 10.6 Å². The number of aromatic nitrogens is 3. The molecule has 0 unspecified atom stereocenters. The predicted octanol–water partition coefficient (Wildman–Crippen LogP) is 1.37. The summed E-state index contributed by atoms with van der Waals surface area (Å²) in [6.07, 6.45) is 5.08. The standard InChI is InChI=1S/C17H32N6O/c1-4-18-16(20-11-9-14(2)3)19-10-7-13-23-17(24)22-12-6-5-8-15(22)21-23/h14H,4-13H2,1-3H3,(H2,18,19,20). The van der Waals surface area contributed by atoms with E-state index in [0.29, 0.717) is 19.0 Å². The molecular weight excluding hydrogens is 304 g/mol. The Balaban J connectivity index is 1.81. The molecule has 0 aromatic carbocycles. The monoisotopic (exact) mass is 336 g/mol. The van der Waals surface area contributed by atoms with Crippen LogP contribution < -0.4 is 16.3 Å². The van der Waals surface area contributed by atoms with Crippen LogP contribution in [0.15, 0.2) is 9.79 Å². The summed E-state index contributed by atoms with van der Waals surface area (Å²) in [7, 11) is 0. The lowest BCUT2D eigenvalue weighted by molar-refractivity contribution is 0.509. The zero-order valence-electron chi connectivity index (χ0n) is 15.3. The second-order valence-electron chi connectivity index (χ2n) is 6.75. The fraction of sp³-hybridized carbons (Fsp3) is 0.824. The zero-order chi connectivity index (χ0) is 17.4. The summed E-state index contributed by atoms with van der Waals surface area (Å²) < 4.78 is 3.43. The smallest absolute Gasteiger partial charge is 0.345 e. The first-order valence-electron chi connectivity index (χ1n) is 9.30. The van der Waals surface area contributed by atoms with E-state index >= 15 is 0 Å². The summed E-state index contributed by atoms with van der Waals surface area (Å²) in [6, 6.07) is 0. The van der Waals surface area contributed by atoms with Crippen molar-refractivity contribution in [3.8, 4) is 0 Å². The summed E-state index contributed by atoms with van der Waals surface area (Å²) >= 11 is 0.